The lowest BCUT2D eigenvalue weighted by atomic mass is 10.3. The molecule has 0 spiro atoms. The molecular formula is C19H23ClN2O2Si. The predicted octanol–water partition coefficient (Wildman–Crippen LogP) is 5.79. The van der Waals surface area contributed by atoms with Crippen LogP contribution in [0.1, 0.15) is 0 Å². The molecule has 0 aliphatic heterocycles. The molecule has 0 unspecified atom stereocenters. The molecule has 4 nitrogen and oxygen atoms in total. The van der Waals surface area contributed by atoms with Crippen LogP contribution in [-0.2, 0) is 11.5 Å². The van der Waals surface area contributed by atoms with Crippen molar-refractivity contribution in [2.24, 2.45) is 0 Å². The first-order chi connectivity index (χ1) is 11.9. The lowest BCUT2D eigenvalue weighted by Crippen LogP contribution is -2.22. The average Bonchev–Trinajstić information content (AvgIpc) is 2.97. The number of pyridine rings is 1. The summed E-state index contributed by atoms with van der Waals surface area (Å²) >= 11 is 5.92. The fourth-order valence-electron chi connectivity index (χ4n) is 2.43. The third kappa shape index (κ3) is 4.84. The van der Waals surface area contributed by atoms with Crippen molar-refractivity contribution >= 4 is 30.7 Å². The Bertz CT molecular complexity index is 841. The normalized spacial score (nSPS) is 11.8. The first-order valence-electron chi connectivity index (χ1n) is 8.37. The molecule has 0 N–H and O–H groups in total. The summed E-state index contributed by atoms with van der Waals surface area (Å²) in [6.45, 7) is 8.35. The standard InChI is InChI=1S/C19H23ClN2O2Si/c1-25(2,3)13-12-23-14-22-11-9-17-18(8-10-21-19(17)22)24-16-6-4-15(20)5-7-16/h4-11H,12-14H2,1-3H3. The molecule has 3 aromatic rings. The Balaban J connectivity index is 1.72. The van der Waals surface area contributed by atoms with Gasteiger partial charge < -0.3 is 14.0 Å². The summed E-state index contributed by atoms with van der Waals surface area (Å²) in [5.41, 5.74) is 0.861. The lowest BCUT2D eigenvalue weighted by Gasteiger charge is -2.15. The van der Waals surface area contributed by atoms with E-state index in [1.54, 1.807) is 6.20 Å². The third-order valence-electron chi connectivity index (χ3n) is 3.89. The summed E-state index contributed by atoms with van der Waals surface area (Å²) in [7, 11) is -1.07. The first-order valence-corrected chi connectivity index (χ1v) is 12.5. The molecule has 25 heavy (non-hydrogen) atoms. The van der Waals surface area contributed by atoms with Crippen molar-refractivity contribution in [3.8, 4) is 11.5 Å². The van der Waals surface area contributed by atoms with Crippen LogP contribution in [0.2, 0.25) is 30.7 Å². The zero-order chi connectivity index (χ0) is 17.9. The molecule has 0 aliphatic rings. The maximum Gasteiger partial charge on any atom is 0.145 e. The van der Waals surface area contributed by atoms with E-state index in [1.165, 1.54) is 0 Å². The highest BCUT2D eigenvalue weighted by Gasteiger charge is 2.13. The fourth-order valence-corrected chi connectivity index (χ4v) is 3.31. The maximum atomic E-state index is 5.98. The zero-order valence-corrected chi connectivity index (χ0v) is 16.6. The van der Waals surface area contributed by atoms with Gasteiger partial charge in [-0.2, -0.15) is 0 Å². The second kappa shape index (κ2) is 7.60. The van der Waals surface area contributed by atoms with E-state index in [0.717, 1.165) is 35.2 Å². The van der Waals surface area contributed by atoms with E-state index in [2.05, 4.69) is 24.6 Å². The van der Waals surface area contributed by atoms with Gasteiger partial charge in [0.25, 0.3) is 0 Å². The minimum atomic E-state index is -1.07. The van der Waals surface area contributed by atoms with E-state index in [4.69, 9.17) is 21.1 Å². The molecule has 6 heteroatoms. The van der Waals surface area contributed by atoms with Crippen LogP contribution < -0.4 is 4.74 Å². The van der Waals surface area contributed by atoms with Crippen molar-refractivity contribution in [1.29, 1.82) is 0 Å². The number of halogens is 1. The van der Waals surface area contributed by atoms with Crippen molar-refractivity contribution < 1.29 is 9.47 Å². The van der Waals surface area contributed by atoms with Crippen molar-refractivity contribution in [2.75, 3.05) is 6.61 Å². The Morgan fingerprint density at radius 1 is 1.08 bits per heavy atom. The summed E-state index contributed by atoms with van der Waals surface area (Å²) in [4.78, 5) is 4.48. The molecule has 0 saturated heterocycles. The second-order valence-corrected chi connectivity index (χ2v) is 13.3. The largest absolute Gasteiger partial charge is 0.457 e. The van der Waals surface area contributed by atoms with E-state index < -0.39 is 8.07 Å². The quantitative estimate of drug-likeness (QED) is 0.387. The van der Waals surface area contributed by atoms with Crippen molar-refractivity contribution in [3.05, 3.63) is 53.8 Å². The number of hydrogen-bond acceptors (Lipinski definition) is 3. The van der Waals surface area contributed by atoms with E-state index in [-0.39, 0.29) is 0 Å². The predicted molar refractivity (Wildman–Crippen MR) is 105 cm³/mol. The number of ether oxygens (including phenoxy) is 2. The SMILES string of the molecule is C[Si](C)(C)CCOCn1ccc2c(Oc3ccc(Cl)cc3)ccnc21. The topological polar surface area (TPSA) is 36.3 Å². The molecule has 0 bridgehead atoms. The Hall–Kier alpha value is -1.82. The average molecular weight is 375 g/mol. The van der Waals surface area contributed by atoms with Crippen LogP contribution in [0.5, 0.6) is 11.5 Å². The molecular weight excluding hydrogens is 352 g/mol. The lowest BCUT2D eigenvalue weighted by molar-refractivity contribution is 0.0899. The van der Waals surface area contributed by atoms with Gasteiger partial charge >= 0.3 is 0 Å². The minimum Gasteiger partial charge on any atom is -0.457 e. The van der Waals surface area contributed by atoms with E-state index in [1.807, 2.05) is 47.2 Å². The second-order valence-electron chi connectivity index (χ2n) is 7.24. The van der Waals surface area contributed by atoms with Crippen LogP contribution in [0.3, 0.4) is 0 Å². The maximum absolute atomic E-state index is 5.98. The highest BCUT2D eigenvalue weighted by Crippen LogP contribution is 2.30. The van der Waals surface area contributed by atoms with Gasteiger partial charge in [-0.3, -0.25) is 0 Å². The van der Waals surface area contributed by atoms with Gasteiger partial charge in [-0.15, -0.1) is 0 Å². The van der Waals surface area contributed by atoms with E-state index in [0.29, 0.717) is 11.8 Å². The Morgan fingerprint density at radius 3 is 2.56 bits per heavy atom. The van der Waals surface area contributed by atoms with Gasteiger partial charge in [0, 0.05) is 32.1 Å². The van der Waals surface area contributed by atoms with Crippen LogP contribution in [-0.4, -0.2) is 24.2 Å². The van der Waals surface area contributed by atoms with Crippen LogP contribution >= 0.6 is 11.6 Å². The fraction of sp³-hybridized carbons (Fsp3) is 0.316. The molecule has 132 valence electrons. The zero-order valence-electron chi connectivity index (χ0n) is 14.8. The van der Waals surface area contributed by atoms with Crippen LogP contribution in [0.25, 0.3) is 11.0 Å². The molecule has 0 saturated carbocycles. The Kier molecular flexibility index (Phi) is 5.47. The van der Waals surface area contributed by atoms with Gasteiger partial charge in [0.15, 0.2) is 0 Å². The molecule has 0 atom stereocenters. The summed E-state index contributed by atoms with van der Waals surface area (Å²) in [5, 5.41) is 1.65. The minimum absolute atomic E-state index is 0.505. The molecule has 0 aliphatic carbocycles. The summed E-state index contributed by atoms with van der Waals surface area (Å²) in [6.07, 6.45) is 3.74. The number of rotatable bonds is 7. The van der Waals surface area contributed by atoms with Gasteiger partial charge in [-0.05, 0) is 42.4 Å². The smallest absolute Gasteiger partial charge is 0.145 e. The van der Waals surface area contributed by atoms with Gasteiger partial charge in [0.1, 0.15) is 23.9 Å². The molecule has 0 fully saturated rings. The third-order valence-corrected chi connectivity index (χ3v) is 5.85. The Labute approximate surface area is 154 Å². The van der Waals surface area contributed by atoms with Gasteiger partial charge in [0.05, 0.1) is 5.39 Å². The van der Waals surface area contributed by atoms with Crippen molar-refractivity contribution in [3.63, 3.8) is 0 Å². The van der Waals surface area contributed by atoms with Crippen LogP contribution in [0.4, 0.5) is 0 Å². The van der Waals surface area contributed by atoms with Gasteiger partial charge in [-0.1, -0.05) is 31.2 Å². The molecule has 3 rings (SSSR count). The highest BCUT2D eigenvalue weighted by atomic mass is 35.5. The number of nitrogens with zero attached hydrogens (tertiary/aromatic N) is 2. The van der Waals surface area contributed by atoms with E-state index >= 15 is 0 Å². The molecule has 1 aromatic carbocycles. The van der Waals surface area contributed by atoms with Crippen molar-refractivity contribution in [2.45, 2.75) is 32.4 Å². The summed E-state index contributed by atoms with van der Waals surface area (Å²) in [5.74, 6) is 1.52. The molecule has 2 heterocycles. The molecule has 0 radical (unpaired) electrons. The van der Waals surface area contributed by atoms with Crippen LogP contribution in [0, 0.1) is 0 Å². The van der Waals surface area contributed by atoms with E-state index in [9.17, 15) is 0 Å². The number of hydrogen-bond donors (Lipinski definition) is 0. The van der Waals surface area contributed by atoms with Gasteiger partial charge in [0.2, 0.25) is 0 Å². The number of benzene rings is 1. The summed E-state index contributed by atoms with van der Waals surface area (Å²) in [6, 6.07) is 12.4. The number of fused-ring (bicyclic) bond motifs is 1. The van der Waals surface area contributed by atoms with Crippen molar-refractivity contribution in [1.82, 2.24) is 9.55 Å². The van der Waals surface area contributed by atoms with Crippen LogP contribution in [0.15, 0.2) is 48.8 Å². The molecule has 2 aromatic heterocycles. The van der Waals surface area contributed by atoms with Gasteiger partial charge in [-0.25, -0.2) is 4.98 Å². The molecule has 0 amide bonds. The monoisotopic (exact) mass is 374 g/mol. The first kappa shape index (κ1) is 18.0. The summed E-state index contributed by atoms with van der Waals surface area (Å²) < 4.78 is 13.8. The highest BCUT2D eigenvalue weighted by molar-refractivity contribution is 6.76. The Morgan fingerprint density at radius 2 is 1.84 bits per heavy atom. The number of aromatic nitrogens is 2.